The quantitative estimate of drug-likeness (QED) is 0.472. The molecule has 3 N–H and O–H groups in total. The average molecular weight is 504 g/mol. The number of carbonyl (C=O) groups is 3. The lowest BCUT2D eigenvalue weighted by molar-refractivity contribution is -0.129. The van der Waals surface area contributed by atoms with Gasteiger partial charge in [0.25, 0.3) is 21.5 Å². The normalized spacial score (nSPS) is 18.0. The molecule has 2 atom stereocenters. The van der Waals surface area contributed by atoms with Crippen molar-refractivity contribution in [3.05, 3.63) is 58.6 Å². The molecule has 11 nitrogen and oxygen atoms in total. The van der Waals surface area contributed by atoms with Crippen LogP contribution in [0.3, 0.4) is 0 Å². The largest absolute Gasteiger partial charge is 0.344 e. The highest BCUT2D eigenvalue weighted by Gasteiger charge is 2.35. The maximum absolute atomic E-state index is 13.1. The van der Waals surface area contributed by atoms with Crippen LogP contribution < -0.4 is 16.2 Å². The van der Waals surface area contributed by atoms with Gasteiger partial charge in [-0.2, -0.15) is 4.31 Å². The van der Waals surface area contributed by atoms with Gasteiger partial charge in [0.2, 0.25) is 5.91 Å². The number of nitrogens with one attached hydrogen (secondary N) is 3. The van der Waals surface area contributed by atoms with Crippen LogP contribution in [0.15, 0.2) is 52.5 Å². The third-order valence-corrected chi connectivity index (χ3v) is 7.33. The van der Waals surface area contributed by atoms with Crippen molar-refractivity contribution in [2.75, 3.05) is 13.1 Å². The minimum atomic E-state index is -3.95. The Morgan fingerprint density at radius 1 is 1.20 bits per heavy atom. The predicted molar refractivity (Wildman–Crippen MR) is 127 cm³/mol. The highest BCUT2D eigenvalue weighted by molar-refractivity contribution is 7.89. The van der Waals surface area contributed by atoms with Crippen LogP contribution in [0.2, 0.25) is 0 Å². The standard InChI is InChI=1S/C23H29N5O6S/c1-15(2)13-18(27-22(31)16-7-5-11-25-21(16)30)23(32)26-17-8-6-12-28(14-19(17)29)35(33,34)20-9-3-4-10-24-20/h3-5,7,9-11,15,17-18H,6,8,12-14H2,1-2H3,(H,25,30)(H,26,32)(H,27,31)/t17-,18?/m0/s1. The molecule has 3 rings (SSSR count). The Kier molecular flexibility index (Phi) is 8.52. The third-order valence-electron chi connectivity index (χ3n) is 5.57. The fourth-order valence-corrected chi connectivity index (χ4v) is 5.17. The number of hydrogen-bond donors (Lipinski definition) is 3. The van der Waals surface area contributed by atoms with Gasteiger partial charge in [-0.25, -0.2) is 13.4 Å². The van der Waals surface area contributed by atoms with Gasteiger partial charge in [-0.15, -0.1) is 0 Å². The number of pyridine rings is 2. The molecule has 35 heavy (non-hydrogen) atoms. The van der Waals surface area contributed by atoms with E-state index in [0.717, 1.165) is 4.31 Å². The summed E-state index contributed by atoms with van der Waals surface area (Å²) in [4.78, 5) is 56.8. The summed E-state index contributed by atoms with van der Waals surface area (Å²) in [6.45, 7) is 3.46. The van der Waals surface area contributed by atoms with Crippen LogP contribution in [-0.2, 0) is 19.6 Å². The van der Waals surface area contributed by atoms with Crippen molar-refractivity contribution in [2.24, 2.45) is 5.92 Å². The molecule has 2 aromatic heterocycles. The number of sulfonamides is 1. The van der Waals surface area contributed by atoms with Crippen molar-refractivity contribution in [2.45, 2.75) is 50.2 Å². The summed E-state index contributed by atoms with van der Waals surface area (Å²) in [7, 11) is -3.95. The Hall–Kier alpha value is -3.38. The fourth-order valence-electron chi connectivity index (χ4n) is 3.80. The van der Waals surface area contributed by atoms with Crippen LogP contribution in [0, 0.1) is 5.92 Å². The first-order valence-corrected chi connectivity index (χ1v) is 12.8. The third kappa shape index (κ3) is 6.61. The number of ketones is 1. The number of rotatable bonds is 8. The minimum absolute atomic E-state index is 0.0314. The first kappa shape index (κ1) is 26.2. The number of Topliss-reactive ketones (excluding diaryl/α,β-unsaturated/α-hetero) is 1. The second-order valence-electron chi connectivity index (χ2n) is 8.74. The van der Waals surface area contributed by atoms with E-state index in [1.165, 1.54) is 30.6 Å². The van der Waals surface area contributed by atoms with Crippen molar-refractivity contribution in [1.82, 2.24) is 24.9 Å². The van der Waals surface area contributed by atoms with E-state index in [4.69, 9.17) is 0 Å². The Balaban J connectivity index is 1.70. The molecule has 1 aliphatic rings. The van der Waals surface area contributed by atoms with Gasteiger partial charge in [0.1, 0.15) is 11.6 Å². The summed E-state index contributed by atoms with van der Waals surface area (Å²) in [5.74, 6) is -1.69. The van der Waals surface area contributed by atoms with Crippen LogP contribution in [0.25, 0.3) is 0 Å². The van der Waals surface area contributed by atoms with Crippen LogP contribution in [-0.4, -0.2) is 65.5 Å². The van der Waals surface area contributed by atoms with E-state index >= 15 is 0 Å². The molecular weight excluding hydrogens is 474 g/mol. The molecule has 188 valence electrons. The summed E-state index contributed by atoms with van der Waals surface area (Å²) >= 11 is 0. The first-order valence-electron chi connectivity index (χ1n) is 11.3. The molecule has 0 aliphatic carbocycles. The molecule has 1 fully saturated rings. The Morgan fingerprint density at radius 3 is 2.63 bits per heavy atom. The summed E-state index contributed by atoms with van der Waals surface area (Å²) in [5.41, 5.74) is -0.711. The van der Waals surface area contributed by atoms with E-state index in [2.05, 4.69) is 20.6 Å². The van der Waals surface area contributed by atoms with Gasteiger partial charge in [-0.3, -0.25) is 19.2 Å². The van der Waals surface area contributed by atoms with Gasteiger partial charge < -0.3 is 15.6 Å². The Labute approximate surface area is 203 Å². The Morgan fingerprint density at radius 2 is 1.97 bits per heavy atom. The maximum Gasteiger partial charge on any atom is 0.260 e. The lowest BCUT2D eigenvalue weighted by atomic mass is 10.0. The molecule has 0 spiro atoms. The van der Waals surface area contributed by atoms with Crippen molar-refractivity contribution in [3.63, 3.8) is 0 Å². The van der Waals surface area contributed by atoms with Crippen molar-refractivity contribution < 1.29 is 22.8 Å². The van der Waals surface area contributed by atoms with Gasteiger partial charge >= 0.3 is 0 Å². The zero-order valence-electron chi connectivity index (χ0n) is 19.6. The van der Waals surface area contributed by atoms with E-state index in [1.807, 2.05) is 13.8 Å². The molecule has 2 amide bonds. The lowest BCUT2D eigenvalue weighted by Crippen LogP contribution is -2.53. The number of aromatic amines is 1. The number of hydrogen-bond acceptors (Lipinski definition) is 7. The minimum Gasteiger partial charge on any atom is -0.344 e. The lowest BCUT2D eigenvalue weighted by Gasteiger charge is -2.23. The van der Waals surface area contributed by atoms with Crippen LogP contribution in [0.1, 0.15) is 43.5 Å². The maximum atomic E-state index is 13.1. The second-order valence-corrected chi connectivity index (χ2v) is 10.6. The van der Waals surface area contributed by atoms with E-state index in [0.29, 0.717) is 6.42 Å². The molecular formula is C23H29N5O6S. The molecule has 1 unspecified atom stereocenters. The number of amides is 2. The fraction of sp³-hybridized carbons (Fsp3) is 0.435. The van der Waals surface area contributed by atoms with E-state index in [-0.39, 0.29) is 35.9 Å². The molecule has 1 saturated heterocycles. The molecule has 12 heteroatoms. The Bertz CT molecular complexity index is 1230. The SMILES string of the molecule is CC(C)CC(NC(=O)c1ccc[nH]c1=O)C(=O)N[C@H]1CCCN(S(=O)(=O)c2ccccn2)CC1=O. The monoisotopic (exact) mass is 503 g/mol. The van der Waals surface area contributed by atoms with Crippen LogP contribution >= 0.6 is 0 Å². The summed E-state index contributed by atoms with van der Waals surface area (Å²) < 4.78 is 26.8. The molecule has 0 bridgehead atoms. The van der Waals surface area contributed by atoms with E-state index in [9.17, 15) is 27.6 Å². The number of carbonyl (C=O) groups excluding carboxylic acids is 3. The van der Waals surface area contributed by atoms with Crippen molar-refractivity contribution >= 4 is 27.6 Å². The first-order chi connectivity index (χ1) is 16.6. The zero-order valence-corrected chi connectivity index (χ0v) is 20.4. The van der Waals surface area contributed by atoms with Crippen molar-refractivity contribution in [1.29, 1.82) is 0 Å². The van der Waals surface area contributed by atoms with Crippen LogP contribution in [0.5, 0.6) is 0 Å². The van der Waals surface area contributed by atoms with E-state index < -0.39 is 51.8 Å². The van der Waals surface area contributed by atoms with Gasteiger partial charge in [-0.05, 0) is 49.4 Å². The second kappa shape index (κ2) is 11.4. The summed E-state index contributed by atoms with van der Waals surface area (Å²) in [6, 6.07) is 5.48. The molecule has 0 saturated carbocycles. The highest BCUT2D eigenvalue weighted by atomic mass is 32.2. The zero-order chi connectivity index (χ0) is 25.6. The molecule has 0 aromatic carbocycles. The number of aromatic nitrogens is 2. The number of H-pyrrole nitrogens is 1. The highest BCUT2D eigenvalue weighted by Crippen LogP contribution is 2.18. The van der Waals surface area contributed by atoms with E-state index in [1.54, 1.807) is 12.1 Å². The van der Waals surface area contributed by atoms with Crippen molar-refractivity contribution in [3.8, 4) is 0 Å². The average Bonchev–Trinajstić information content (AvgIpc) is 3.01. The predicted octanol–water partition coefficient (Wildman–Crippen LogP) is 0.453. The van der Waals surface area contributed by atoms with Gasteiger partial charge in [0, 0.05) is 18.9 Å². The molecule has 1 aliphatic heterocycles. The molecule has 0 radical (unpaired) electrons. The number of nitrogens with zero attached hydrogens (tertiary/aromatic N) is 2. The summed E-state index contributed by atoms with van der Waals surface area (Å²) in [6.07, 6.45) is 3.64. The van der Waals surface area contributed by atoms with Gasteiger partial charge in [0.15, 0.2) is 10.8 Å². The summed E-state index contributed by atoms with van der Waals surface area (Å²) in [5, 5.41) is 5.11. The topological polar surface area (TPSA) is 158 Å². The molecule has 2 aromatic rings. The smallest absolute Gasteiger partial charge is 0.260 e. The van der Waals surface area contributed by atoms with Gasteiger partial charge in [0.05, 0.1) is 12.6 Å². The molecule has 3 heterocycles. The van der Waals surface area contributed by atoms with Gasteiger partial charge in [-0.1, -0.05) is 19.9 Å². The van der Waals surface area contributed by atoms with Crippen LogP contribution in [0.4, 0.5) is 0 Å².